The lowest BCUT2D eigenvalue weighted by atomic mass is 10.2. The standard InChI is InChI=1S/C17H19F3N4O5S/c1-9-10(7-22-4-3-21-12(25)14(22)27)30-15-11(9)13(26)24(8-17(18,19)20)16(28)23(15)5-6-29-2/h3-8H2,1-2H3,(H,21,25). The van der Waals surface area contributed by atoms with Crippen molar-refractivity contribution in [3.05, 3.63) is 31.3 Å². The molecule has 0 bridgehead atoms. The van der Waals surface area contributed by atoms with Crippen molar-refractivity contribution in [1.82, 2.24) is 19.4 Å². The molecule has 1 aliphatic rings. The van der Waals surface area contributed by atoms with Gasteiger partial charge >= 0.3 is 23.7 Å². The lowest BCUT2D eigenvalue weighted by molar-refractivity contribution is -0.148. The van der Waals surface area contributed by atoms with Gasteiger partial charge in [-0.15, -0.1) is 11.3 Å². The number of hydrogen-bond donors (Lipinski definition) is 1. The van der Waals surface area contributed by atoms with Gasteiger partial charge in [-0.3, -0.25) is 23.5 Å². The summed E-state index contributed by atoms with van der Waals surface area (Å²) in [7, 11) is 1.38. The topological polar surface area (TPSA) is 103 Å². The Hall–Kier alpha value is -2.67. The van der Waals surface area contributed by atoms with Gasteiger partial charge in [0.15, 0.2) is 0 Å². The highest BCUT2D eigenvalue weighted by molar-refractivity contribution is 7.18. The summed E-state index contributed by atoms with van der Waals surface area (Å²) >= 11 is 1.04. The van der Waals surface area contributed by atoms with Crippen molar-refractivity contribution < 1.29 is 27.5 Å². The number of fused-ring (bicyclic) bond motifs is 1. The Kier molecular flexibility index (Phi) is 6.04. The zero-order chi connectivity index (χ0) is 22.2. The third-order valence-electron chi connectivity index (χ3n) is 4.73. The summed E-state index contributed by atoms with van der Waals surface area (Å²) in [6, 6.07) is 0. The molecule has 3 rings (SSSR count). The maximum Gasteiger partial charge on any atom is 0.406 e. The van der Waals surface area contributed by atoms with Crippen LogP contribution in [-0.4, -0.2) is 58.8 Å². The zero-order valence-corrected chi connectivity index (χ0v) is 17.0. The molecule has 0 aromatic carbocycles. The Bertz CT molecular complexity index is 1120. The third kappa shape index (κ3) is 4.12. The maximum absolute atomic E-state index is 13.0. The minimum atomic E-state index is -4.75. The number of hydrogen-bond acceptors (Lipinski definition) is 6. The number of thiophene rings is 1. The summed E-state index contributed by atoms with van der Waals surface area (Å²) in [6.45, 7) is 0.383. The van der Waals surface area contributed by atoms with Crippen molar-refractivity contribution in [3.63, 3.8) is 0 Å². The summed E-state index contributed by atoms with van der Waals surface area (Å²) in [4.78, 5) is 51.1. The van der Waals surface area contributed by atoms with Crippen molar-refractivity contribution in [2.45, 2.75) is 32.7 Å². The van der Waals surface area contributed by atoms with Crippen LogP contribution in [0.3, 0.4) is 0 Å². The molecule has 0 aliphatic carbocycles. The van der Waals surface area contributed by atoms with Gasteiger partial charge in [-0.1, -0.05) is 0 Å². The minimum Gasteiger partial charge on any atom is -0.383 e. The van der Waals surface area contributed by atoms with E-state index in [4.69, 9.17) is 4.74 Å². The highest BCUT2D eigenvalue weighted by atomic mass is 32.1. The Balaban J connectivity index is 2.16. The number of nitrogens with zero attached hydrogens (tertiary/aromatic N) is 3. The summed E-state index contributed by atoms with van der Waals surface area (Å²) in [5.74, 6) is -1.48. The smallest absolute Gasteiger partial charge is 0.383 e. The van der Waals surface area contributed by atoms with E-state index in [0.717, 1.165) is 15.9 Å². The second-order valence-corrected chi connectivity index (χ2v) is 7.83. The van der Waals surface area contributed by atoms with Crippen molar-refractivity contribution in [3.8, 4) is 0 Å². The molecular weight excluding hydrogens is 429 g/mol. The number of amides is 2. The van der Waals surface area contributed by atoms with Crippen LogP contribution in [0.25, 0.3) is 10.2 Å². The molecule has 3 heterocycles. The van der Waals surface area contributed by atoms with E-state index >= 15 is 0 Å². The first-order valence-electron chi connectivity index (χ1n) is 8.93. The molecule has 2 amide bonds. The summed E-state index contributed by atoms with van der Waals surface area (Å²) < 4.78 is 45.1. The van der Waals surface area contributed by atoms with Gasteiger partial charge in [0.05, 0.1) is 25.1 Å². The van der Waals surface area contributed by atoms with E-state index in [0.29, 0.717) is 10.4 Å². The van der Waals surface area contributed by atoms with Crippen LogP contribution in [0.15, 0.2) is 9.59 Å². The second kappa shape index (κ2) is 8.22. The first-order chi connectivity index (χ1) is 14.0. The normalized spacial score (nSPS) is 15.2. The predicted molar refractivity (Wildman–Crippen MR) is 101 cm³/mol. The van der Waals surface area contributed by atoms with Gasteiger partial charge in [0.25, 0.3) is 5.56 Å². The molecule has 0 atom stereocenters. The van der Waals surface area contributed by atoms with Crippen molar-refractivity contribution >= 4 is 33.4 Å². The van der Waals surface area contributed by atoms with Crippen LogP contribution >= 0.6 is 11.3 Å². The molecule has 2 aromatic rings. The zero-order valence-electron chi connectivity index (χ0n) is 16.2. The number of aryl methyl sites for hydroxylation is 1. The monoisotopic (exact) mass is 448 g/mol. The fraction of sp³-hybridized carbons (Fsp3) is 0.529. The average molecular weight is 448 g/mol. The first kappa shape index (κ1) is 22.0. The fourth-order valence-electron chi connectivity index (χ4n) is 3.24. The Morgan fingerprint density at radius 3 is 2.50 bits per heavy atom. The Labute approximate surface area is 171 Å². The third-order valence-corrected chi connectivity index (χ3v) is 6.03. The van der Waals surface area contributed by atoms with Crippen LogP contribution < -0.4 is 16.6 Å². The quantitative estimate of drug-likeness (QED) is 0.636. The Morgan fingerprint density at radius 2 is 1.87 bits per heavy atom. The van der Waals surface area contributed by atoms with Crippen molar-refractivity contribution in [2.75, 3.05) is 26.8 Å². The molecule has 30 heavy (non-hydrogen) atoms. The van der Waals surface area contributed by atoms with E-state index in [-0.39, 0.29) is 47.6 Å². The van der Waals surface area contributed by atoms with Crippen LogP contribution in [0, 0.1) is 6.92 Å². The molecule has 0 saturated carbocycles. The number of carbonyl (C=O) groups is 2. The van der Waals surface area contributed by atoms with Gasteiger partial charge in [0, 0.05) is 25.1 Å². The molecule has 1 fully saturated rings. The number of methoxy groups -OCH3 is 1. The minimum absolute atomic E-state index is 0.00854. The van der Waals surface area contributed by atoms with E-state index in [2.05, 4.69) is 5.32 Å². The highest BCUT2D eigenvalue weighted by Crippen LogP contribution is 2.29. The van der Waals surface area contributed by atoms with Gasteiger partial charge in [-0.05, 0) is 12.5 Å². The fourth-order valence-corrected chi connectivity index (χ4v) is 4.57. The largest absolute Gasteiger partial charge is 0.406 e. The van der Waals surface area contributed by atoms with Crippen LogP contribution in [0.4, 0.5) is 13.2 Å². The maximum atomic E-state index is 13.0. The number of nitrogens with one attached hydrogen (secondary N) is 1. The van der Waals surface area contributed by atoms with E-state index in [1.807, 2.05) is 0 Å². The first-order valence-corrected chi connectivity index (χ1v) is 9.75. The number of piperazine rings is 1. The van der Waals surface area contributed by atoms with E-state index in [9.17, 15) is 32.3 Å². The van der Waals surface area contributed by atoms with Crippen molar-refractivity contribution in [2.24, 2.45) is 0 Å². The Morgan fingerprint density at radius 1 is 1.17 bits per heavy atom. The van der Waals surface area contributed by atoms with E-state index in [1.165, 1.54) is 12.0 Å². The lowest BCUT2D eigenvalue weighted by Gasteiger charge is -2.26. The molecule has 9 nitrogen and oxygen atoms in total. The molecule has 0 unspecified atom stereocenters. The number of carbonyl (C=O) groups excluding carboxylic acids is 2. The van der Waals surface area contributed by atoms with Crippen LogP contribution in [0.1, 0.15) is 10.4 Å². The molecular formula is C17H19F3N4O5S. The van der Waals surface area contributed by atoms with Gasteiger partial charge in [-0.25, -0.2) is 4.79 Å². The second-order valence-electron chi connectivity index (χ2n) is 6.75. The molecule has 1 aliphatic heterocycles. The molecule has 0 radical (unpaired) electrons. The number of halogens is 3. The van der Waals surface area contributed by atoms with Crippen molar-refractivity contribution in [1.29, 1.82) is 0 Å². The van der Waals surface area contributed by atoms with E-state index in [1.54, 1.807) is 6.92 Å². The summed E-state index contributed by atoms with van der Waals surface area (Å²) in [6.07, 6.45) is -4.75. The van der Waals surface area contributed by atoms with Crippen LogP contribution in [0.2, 0.25) is 0 Å². The van der Waals surface area contributed by atoms with Gasteiger partial charge in [0.2, 0.25) is 0 Å². The number of rotatable bonds is 6. The highest BCUT2D eigenvalue weighted by Gasteiger charge is 2.32. The molecule has 1 saturated heterocycles. The molecule has 0 spiro atoms. The summed E-state index contributed by atoms with van der Waals surface area (Å²) in [5.41, 5.74) is -1.74. The number of alkyl halides is 3. The lowest BCUT2D eigenvalue weighted by Crippen LogP contribution is -2.51. The van der Waals surface area contributed by atoms with Gasteiger partial charge < -0.3 is 15.0 Å². The van der Waals surface area contributed by atoms with Gasteiger partial charge in [-0.2, -0.15) is 13.2 Å². The number of aromatic nitrogens is 2. The predicted octanol–water partition coefficient (Wildman–Crippen LogP) is 0.200. The van der Waals surface area contributed by atoms with E-state index < -0.39 is 35.8 Å². The molecule has 13 heteroatoms. The van der Waals surface area contributed by atoms with Gasteiger partial charge in [0.1, 0.15) is 11.4 Å². The molecule has 2 aromatic heterocycles. The summed E-state index contributed by atoms with van der Waals surface area (Å²) in [5, 5.41) is 2.41. The molecule has 1 N–H and O–H groups in total. The number of ether oxygens (including phenoxy) is 1. The SMILES string of the molecule is COCCn1c(=O)n(CC(F)(F)F)c(=O)c2c(C)c(CN3CCNC(=O)C3=O)sc21. The molecule has 164 valence electrons. The average Bonchev–Trinajstić information content (AvgIpc) is 2.98. The van der Waals surface area contributed by atoms with Crippen LogP contribution in [0.5, 0.6) is 0 Å². The van der Waals surface area contributed by atoms with Crippen LogP contribution in [-0.2, 0) is 34.0 Å².